The number of nitrogens with one attached hydrogen (secondary N) is 2. The quantitative estimate of drug-likeness (QED) is 0.738. The first kappa shape index (κ1) is 17.0. The van der Waals surface area contributed by atoms with Crippen LogP contribution in [0.25, 0.3) is 11.3 Å². The second-order valence-corrected chi connectivity index (χ2v) is 5.99. The number of aryl methyl sites for hydroxylation is 1. The van der Waals surface area contributed by atoms with E-state index in [9.17, 15) is 4.79 Å². The number of nitrogens with zero attached hydrogens (tertiary/aromatic N) is 3. The number of carbonyl (C=O) groups excluding carboxylic acids is 1. The second kappa shape index (κ2) is 7.81. The van der Waals surface area contributed by atoms with Gasteiger partial charge in [0, 0.05) is 36.6 Å². The fraction of sp³-hybridized carbons (Fsp3) is 0.167. The van der Waals surface area contributed by atoms with Crippen LogP contribution in [0.3, 0.4) is 0 Å². The molecule has 128 valence electrons. The molecule has 3 aromatic rings. The SMILES string of the molecule is Cn1nc(-c2cccnc2)cc1CNC(=O)NCc1ccc(Cl)cc1. The molecule has 2 amide bonds. The first-order valence-electron chi connectivity index (χ1n) is 7.81. The molecule has 7 heteroatoms. The van der Waals surface area contributed by atoms with Gasteiger partial charge in [0.25, 0.3) is 0 Å². The molecule has 0 aliphatic rings. The molecule has 0 aliphatic carbocycles. The van der Waals surface area contributed by atoms with Crippen LogP contribution in [0.1, 0.15) is 11.3 Å². The molecule has 1 aromatic carbocycles. The third-order valence-electron chi connectivity index (χ3n) is 3.73. The predicted molar refractivity (Wildman–Crippen MR) is 97.0 cm³/mol. The summed E-state index contributed by atoms with van der Waals surface area (Å²) in [5.41, 5.74) is 3.66. The summed E-state index contributed by atoms with van der Waals surface area (Å²) >= 11 is 5.84. The van der Waals surface area contributed by atoms with Gasteiger partial charge in [0.05, 0.1) is 17.9 Å². The van der Waals surface area contributed by atoms with Crippen LogP contribution >= 0.6 is 11.6 Å². The Labute approximate surface area is 150 Å². The fourth-order valence-corrected chi connectivity index (χ4v) is 2.47. The van der Waals surface area contributed by atoms with Gasteiger partial charge in [-0.1, -0.05) is 23.7 Å². The van der Waals surface area contributed by atoms with Crippen molar-refractivity contribution in [2.45, 2.75) is 13.1 Å². The van der Waals surface area contributed by atoms with Gasteiger partial charge in [-0.3, -0.25) is 9.67 Å². The molecule has 0 saturated carbocycles. The fourth-order valence-electron chi connectivity index (χ4n) is 2.34. The molecule has 0 spiro atoms. The van der Waals surface area contributed by atoms with E-state index in [2.05, 4.69) is 20.7 Å². The average Bonchev–Trinajstić information content (AvgIpc) is 3.01. The summed E-state index contributed by atoms with van der Waals surface area (Å²) in [6.45, 7) is 0.825. The summed E-state index contributed by atoms with van der Waals surface area (Å²) < 4.78 is 1.75. The zero-order chi connectivity index (χ0) is 17.6. The number of benzene rings is 1. The van der Waals surface area contributed by atoms with Gasteiger partial charge in [-0.25, -0.2) is 4.79 Å². The maximum atomic E-state index is 12.0. The number of carbonyl (C=O) groups is 1. The lowest BCUT2D eigenvalue weighted by atomic mass is 10.2. The Bertz CT molecular complexity index is 846. The summed E-state index contributed by atoms with van der Waals surface area (Å²) in [4.78, 5) is 16.1. The molecule has 3 rings (SSSR count). The molecule has 0 atom stereocenters. The van der Waals surface area contributed by atoms with E-state index >= 15 is 0 Å². The smallest absolute Gasteiger partial charge is 0.315 e. The Morgan fingerprint density at radius 2 is 1.92 bits per heavy atom. The Hall–Kier alpha value is -2.86. The first-order chi connectivity index (χ1) is 12.1. The van der Waals surface area contributed by atoms with Crippen LogP contribution in [0.15, 0.2) is 54.9 Å². The Morgan fingerprint density at radius 3 is 2.64 bits per heavy atom. The molecule has 0 unspecified atom stereocenters. The van der Waals surface area contributed by atoms with E-state index in [1.165, 1.54) is 0 Å². The third-order valence-corrected chi connectivity index (χ3v) is 3.98. The van der Waals surface area contributed by atoms with Gasteiger partial charge in [0.2, 0.25) is 0 Å². The number of amides is 2. The summed E-state index contributed by atoms with van der Waals surface area (Å²) in [6.07, 6.45) is 3.48. The molecule has 0 fully saturated rings. The minimum absolute atomic E-state index is 0.237. The van der Waals surface area contributed by atoms with Crippen molar-refractivity contribution in [3.8, 4) is 11.3 Å². The third kappa shape index (κ3) is 4.58. The standard InChI is InChI=1S/C18H18ClN5O/c1-24-16(9-17(23-24)14-3-2-8-20-11-14)12-22-18(25)21-10-13-4-6-15(19)7-5-13/h2-9,11H,10,12H2,1H3,(H2,21,22,25). The largest absolute Gasteiger partial charge is 0.334 e. The Balaban J connectivity index is 1.53. The highest BCUT2D eigenvalue weighted by atomic mass is 35.5. The molecule has 0 radical (unpaired) electrons. The summed E-state index contributed by atoms with van der Waals surface area (Å²) in [5, 5.41) is 10.8. The van der Waals surface area contributed by atoms with Gasteiger partial charge in [-0.2, -0.15) is 5.10 Å². The number of halogens is 1. The summed E-state index contributed by atoms with van der Waals surface area (Å²) in [5.74, 6) is 0. The van der Waals surface area contributed by atoms with Crippen molar-refractivity contribution in [3.63, 3.8) is 0 Å². The van der Waals surface area contributed by atoms with E-state index < -0.39 is 0 Å². The van der Waals surface area contributed by atoms with Crippen LogP contribution < -0.4 is 10.6 Å². The summed E-state index contributed by atoms with van der Waals surface area (Å²) in [6, 6.07) is 12.9. The van der Waals surface area contributed by atoms with E-state index in [0.717, 1.165) is 22.5 Å². The highest BCUT2D eigenvalue weighted by Gasteiger charge is 2.08. The van der Waals surface area contributed by atoms with E-state index in [0.29, 0.717) is 18.1 Å². The van der Waals surface area contributed by atoms with Crippen molar-refractivity contribution < 1.29 is 4.79 Å². The lowest BCUT2D eigenvalue weighted by Gasteiger charge is -2.08. The molecular weight excluding hydrogens is 338 g/mol. The summed E-state index contributed by atoms with van der Waals surface area (Å²) in [7, 11) is 1.85. The van der Waals surface area contributed by atoms with Gasteiger partial charge in [0.1, 0.15) is 0 Å². The molecule has 0 saturated heterocycles. The highest BCUT2D eigenvalue weighted by Crippen LogP contribution is 2.17. The van der Waals surface area contributed by atoms with E-state index in [4.69, 9.17) is 11.6 Å². The van der Waals surface area contributed by atoms with Crippen molar-refractivity contribution in [1.82, 2.24) is 25.4 Å². The Kier molecular flexibility index (Phi) is 5.30. The lowest BCUT2D eigenvalue weighted by molar-refractivity contribution is 0.240. The predicted octanol–water partition coefficient (Wildman–Crippen LogP) is 3.13. The highest BCUT2D eigenvalue weighted by molar-refractivity contribution is 6.30. The van der Waals surface area contributed by atoms with Gasteiger partial charge in [-0.15, -0.1) is 0 Å². The van der Waals surface area contributed by atoms with Gasteiger partial charge < -0.3 is 10.6 Å². The molecule has 0 aliphatic heterocycles. The van der Waals surface area contributed by atoms with Crippen molar-refractivity contribution in [3.05, 3.63) is 71.1 Å². The molecule has 6 nitrogen and oxygen atoms in total. The van der Waals surface area contributed by atoms with Crippen LogP contribution in [0.4, 0.5) is 4.79 Å². The van der Waals surface area contributed by atoms with Crippen molar-refractivity contribution >= 4 is 17.6 Å². The van der Waals surface area contributed by atoms with Gasteiger partial charge in [-0.05, 0) is 35.9 Å². The number of hydrogen-bond acceptors (Lipinski definition) is 3. The van der Waals surface area contributed by atoms with Crippen molar-refractivity contribution in [2.75, 3.05) is 0 Å². The second-order valence-electron chi connectivity index (χ2n) is 5.55. The number of rotatable bonds is 5. The van der Waals surface area contributed by atoms with E-state index in [1.807, 2.05) is 37.4 Å². The number of pyridine rings is 1. The Morgan fingerprint density at radius 1 is 1.16 bits per heavy atom. The molecule has 2 aromatic heterocycles. The minimum Gasteiger partial charge on any atom is -0.334 e. The maximum Gasteiger partial charge on any atom is 0.315 e. The van der Waals surface area contributed by atoms with Crippen molar-refractivity contribution in [1.29, 1.82) is 0 Å². The van der Waals surface area contributed by atoms with Crippen LogP contribution in [-0.4, -0.2) is 20.8 Å². The van der Waals surface area contributed by atoms with Gasteiger partial charge >= 0.3 is 6.03 Å². The topological polar surface area (TPSA) is 71.8 Å². The average molecular weight is 356 g/mol. The maximum absolute atomic E-state index is 12.0. The normalized spacial score (nSPS) is 10.5. The number of aromatic nitrogens is 3. The molecule has 25 heavy (non-hydrogen) atoms. The number of hydrogen-bond donors (Lipinski definition) is 2. The monoisotopic (exact) mass is 355 g/mol. The van der Waals surface area contributed by atoms with Crippen molar-refractivity contribution in [2.24, 2.45) is 7.05 Å². The first-order valence-corrected chi connectivity index (χ1v) is 8.19. The minimum atomic E-state index is -0.237. The molecule has 2 heterocycles. The van der Waals surface area contributed by atoms with E-state index in [1.54, 1.807) is 29.2 Å². The number of urea groups is 1. The lowest BCUT2D eigenvalue weighted by Crippen LogP contribution is -2.35. The zero-order valence-electron chi connectivity index (χ0n) is 13.7. The van der Waals surface area contributed by atoms with Crippen LogP contribution in [-0.2, 0) is 20.1 Å². The molecular formula is C18H18ClN5O. The van der Waals surface area contributed by atoms with Gasteiger partial charge in [0.15, 0.2) is 0 Å². The van der Waals surface area contributed by atoms with Crippen LogP contribution in [0, 0.1) is 0 Å². The molecule has 0 bridgehead atoms. The van der Waals surface area contributed by atoms with E-state index in [-0.39, 0.29) is 6.03 Å². The molecule has 2 N–H and O–H groups in total. The zero-order valence-corrected chi connectivity index (χ0v) is 14.5. The van der Waals surface area contributed by atoms with Crippen LogP contribution in [0.5, 0.6) is 0 Å². The van der Waals surface area contributed by atoms with Crippen LogP contribution in [0.2, 0.25) is 5.02 Å².